The lowest BCUT2D eigenvalue weighted by Gasteiger charge is -2.06. The third kappa shape index (κ3) is 4.26. The van der Waals surface area contributed by atoms with E-state index < -0.39 is 0 Å². The number of hydrogen-bond donors (Lipinski definition) is 1. The van der Waals surface area contributed by atoms with Gasteiger partial charge in [-0.05, 0) is 22.9 Å². The molecule has 1 aromatic rings. The monoisotopic (exact) mass is 238 g/mol. The second kappa shape index (κ2) is 6.57. The number of aliphatic hydroxyl groups is 1. The van der Waals surface area contributed by atoms with Crippen LogP contribution < -0.4 is 0 Å². The van der Waals surface area contributed by atoms with Crippen molar-refractivity contribution in [3.8, 4) is 11.8 Å². The van der Waals surface area contributed by atoms with Crippen molar-refractivity contribution in [1.82, 2.24) is 0 Å². The minimum absolute atomic E-state index is 0.202. The number of benzene rings is 1. The van der Waals surface area contributed by atoms with Gasteiger partial charge in [0.15, 0.2) is 0 Å². The predicted octanol–water partition coefficient (Wildman–Crippen LogP) is 2.81. The van der Waals surface area contributed by atoms with E-state index >= 15 is 0 Å². The quantitative estimate of drug-likeness (QED) is 0.817. The highest BCUT2D eigenvalue weighted by atomic mass is 32.2. The SMILES string of the molecule is CC(C)SCc1ccc(C#CCO)cc1F. The van der Waals surface area contributed by atoms with Gasteiger partial charge in [-0.15, -0.1) is 0 Å². The van der Waals surface area contributed by atoms with E-state index in [-0.39, 0.29) is 12.4 Å². The lowest BCUT2D eigenvalue weighted by molar-refractivity contribution is 0.350. The van der Waals surface area contributed by atoms with Gasteiger partial charge in [0, 0.05) is 11.3 Å². The van der Waals surface area contributed by atoms with Gasteiger partial charge in [-0.3, -0.25) is 0 Å². The molecule has 3 heteroatoms. The summed E-state index contributed by atoms with van der Waals surface area (Å²) in [6.45, 7) is 3.97. The van der Waals surface area contributed by atoms with E-state index in [1.54, 1.807) is 23.9 Å². The van der Waals surface area contributed by atoms with Crippen LogP contribution in [-0.4, -0.2) is 17.0 Å². The Bertz CT molecular complexity index is 404. The lowest BCUT2D eigenvalue weighted by atomic mass is 10.1. The predicted molar refractivity (Wildman–Crippen MR) is 66.8 cm³/mol. The molecule has 0 radical (unpaired) electrons. The van der Waals surface area contributed by atoms with E-state index in [1.165, 1.54) is 6.07 Å². The molecule has 0 heterocycles. The van der Waals surface area contributed by atoms with Gasteiger partial charge in [-0.25, -0.2) is 4.39 Å². The summed E-state index contributed by atoms with van der Waals surface area (Å²) in [5, 5.41) is 9.02. The summed E-state index contributed by atoms with van der Waals surface area (Å²) >= 11 is 1.71. The molecule has 0 fully saturated rings. The van der Waals surface area contributed by atoms with Gasteiger partial charge in [-0.1, -0.05) is 31.8 Å². The molecule has 0 aromatic heterocycles. The molecule has 86 valence electrons. The molecule has 1 N–H and O–H groups in total. The third-order valence-electron chi connectivity index (χ3n) is 1.94. The molecular weight excluding hydrogens is 223 g/mol. The second-order valence-corrected chi connectivity index (χ2v) is 5.19. The molecule has 0 unspecified atom stereocenters. The molecule has 0 aliphatic heterocycles. The minimum Gasteiger partial charge on any atom is -0.384 e. The van der Waals surface area contributed by atoms with Crippen LogP contribution in [0.15, 0.2) is 18.2 Å². The Morgan fingerprint density at radius 2 is 2.19 bits per heavy atom. The third-order valence-corrected chi connectivity index (χ3v) is 3.08. The Balaban J connectivity index is 2.75. The van der Waals surface area contributed by atoms with E-state index in [0.717, 1.165) is 0 Å². The van der Waals surface area contributed by atoms with Crippen LogP contribution >= 0.6 is 11.8 Å². The molecule has 0 spiro atoms. The lowest BCUT2D eigenvalue weighted by Crippen LogP contribution is -1.93. The number of thioether (sulfide) groups is 1. The zero-order valence-electron chi connectivity index (χ0n) is 9.46. The topological polar surface area (TPSA) is 20.2 Å². The summed E-state index contributed by atoms with van der Waals surface area (Å²) in [5.41, 5.74) is 1.30. The summed E-state index contributed by atoms with van der Waals surface area (Å²) in [6.07, 6.45) is 0. The van der Waals surface area contributed by atoms with Gasteiger partial charge < -0.3 is 5.11 Å². The van der Waals surface area contributed by atoms with E-state index in [4.69, 9.17) is 5.11 Å². The second-order valence-electron chi connectivity index (χ2n) is 3.63. The first kappa shape index (κ1) is 13.1. The largest absolute Gasteiger partial charge is 0.384 e. The van der Waals surface area contributed by atoms with Gasteiger partial charge in [0.1, 0.15) is 12.4 Å². The van der Waals surface area contributed by atoms with E-state index in [1.807, 2.05) is 0 Å². The Kier molecular flexibility index (Phi) is 5.37. The smallest absolute Gasteiger partial charge is 0.128 e. The Morgan fingerprint density at radius 1 is 1.44 bits per heavy atom. The van der Waals surface area contributed by atoms with E-state index in [9.17, 15) is 4.39 Å². The van der Waals surface area contributed by atoms with Crippen molar-refractivity contribution in [3.05, 3.63) is 35.1 Å². The minimum atomic E-state index is -0.224. The van der Waals surface area contributed by atoms with Gasteiger partial charge in [0.05, 0.1) is 0 Å². The summed E-state index contributed by atoms with van der Waals surface area (Å²) in [4.78, 5) is 0. The van der Waals surface area contributed by atoms with Crippen molar-refractivity contribution >= 4 is 11.8 Å². The number of aliphatic hydroxyl groups excluding tert-OH is 1. The van der Waals surface area contributed by atoms with Crippen molar-refractivity contribution in [2.45, 2.75) is 24.9 Å². The molecule has 1 rings (SSSR count). The molecule has 0 bridgehead atoms. The Morgan fingerprint density at radius 3 is 2.75 bits per heavy atom. The highest BCUT2D eigenvalue weighted by Crippen LogP contribution is 2.20. The fourth-order valence-corrected chi connectivity index (χ4v) is 1.89. The van der Waals surface area contributed by atoms with Gasteiger partial charge in [0.2, 0.25) is 0 Å². The highest BCUT2D eigenvalue weighted by molar-refractivity contribution is 7.99. The molecule has 16 heavy (non-hydrogen) atoms. The van der Waals surface area contributed by atoms with Crippen LogP contribution in [0.5, 0.6) is 0 Å². The standard InChI is InChI=1S/C13H15FOS/c1-10(2)16-9-12-6-5-11(4-3-7-15)8-13(12)14/h5-6,8,10,15H,7,9H2,1-2H3. The van der Waals surface area contributed by atoms with Crippen LogP contribution in [0.4, 0.5) is 4.39 Å². The molecule has 0 saturated heterocycles. The maximum Gasteiger partial charge on any atom is 0.128 e. The average molecular weight is 238 g/mol. The normalized spacial score (nSPS) is 10.1. The van der Waals surface area contributed by atoms with E-state index in [2.05, 4.69) is 25.7 Å². The fourth-order valence-electron chi connectivity index (χ4n) is 1.14. The Hall–Kier alpha value is -0.980. The van der Waals surface area contributed by atoms with Crippen molar-refractivity contribution in [2.24, 2.45) is 0 Å². The van der Waals surface area contributed by atoms with Gasteiger partial charge in [-0.2, -0.15) is 11.8 Å². The van der Waals surface area contributed by atoms with E-state index in [0.29, 0.717) is 22.1 Å². The first-order valence-electron chi connectivity index (χ1n) is 5.13. The first-order chi connectivity index (χ1) is 7.63. The number of hydrogen-bond acceptors (Lipinski definition) is 2. The molecule has 0 aliphatic carbocycles. The molecule has 1 nitrogen and oxygen atoms in total. The van der Waals surface area contributed by atoms with Crippen molar-refractivity contribution < 1.29 is 9.50 Å². The summed E-state index contributed by atoms with van der Waals surface area (Å²) in [5.74, 6) is 5.63. The number of rotatable bonds is 3. The van der Waals surface area contributed by atoms with Crippen LogP contribution in [0, 0.1) is 17.7 Å². The van der Waals surface area contributed by atoms with Crippen molar-refractivity contribution in [1.29, 1.82) is 0 Å². The van der Waals surface area contributed by atoms with Crippen LogP contribution in [0.3, 0.4) is 0 Å². The highest BCUT2D eigenvalue weighted by Gasteiger charge is 2.04. The summed E-state index contributed by atoms with van der Waals surface area (Å²) in [6, 6.07) is 4.95. The number of halogens is 1. The van der Waals surface area contributed by atoms with Gasteiger partial charge in [0.25, 0.3) is 0 Å². The summed E-state index contributed by atoms with van der Waals surface area (Å²) < 4.78 is 13.6. The average Bonchev–Trinajstić information content (AvgIpc) is 2.24. The molecule has 0 aliphatic rings. The molecular formula is C13H15FOS. The zero-order chi connectivity index (χ0) is 12.0. The van der Waals surface area contributed by atoms with Crippen molar-refractivity contribution in [3.63, 3.8) is 0 Å². The van der Waals surface area contributed by atoms with Crippen LogP contribution in [0.2, 0.25) is 0 Å². The van der Waals surface area contributed by atoms with Crippen LogP contribution in [-0.2, 0) is 5.75 Å². The molecule has 0 atom stereocenters. The zero-order valence-corrected chi connectivity index (χ0v) is 10.3. The van der Waals surface area contributed by atoms with Gasteiger partial charge >= 0.3 is 0 Å². The van der Waals surface area contributed by atoms with Crippen LogP contribution in [0.1, 0.15) is 25.0 Å². The van der Waals surface area contributed by atoms with Crippen LogP contribution in [0.25, 0.3) is 0 Å². The first-order valence-corrected chi connectivity index (χ1v) is 6.18. The Labute approximate surface area is 100 Å². The fraction of sp³-hybridized carbons (Fsp3) is 0.385. The molecule has 0 saturated carbocycles. The maximum atomic E-state index is 13.6. The maximum absolute atomic E-state index is 13.6. The molecule has 0 amide bonds. The summed E-state index contributed by atoms with van der Waals surface area (Å²) in [7, 11) is 0. The molecule has 1 aromatic carbocycles. The van der Waals surface area contributed by atoms with Crippen molar-refractivity contribution in [2.75, 3.05) is 6.61 Å².